The molecule has 0 unspecified atom stereocenters. The van der Waals surface area contributed by atoms with Gasteiger partial charge in [0.1, 0.15) is 0 Å². The molecule has 3 aromatic rings. The summed E-state index contributed by atoms with van der Waals surface area (Å²) in [5, 5.41) is 2.86. The predicted molar refractivity (Wildman–Crippen MR) is 125 cm³/mol. The first-order valence-corrected chi connectivity index (χ1v) is 11.6. The number of carbonyl (C=O) groups is 1. The van der Waals surface area contributed by atoms with E-state index in [-0.39, 0.29) is 16.2 Å². The molecule has 0 heterocycles. The van der Waals surface area contributed by atoms with E-state index in [1.165, 1.54) is 17.7 Å². The van der Waals surface area contributed by atoms with Gasteiger partial charge in [-0.25, -0.2) is 8.42 Å². The zero-order valence-electron chi connectivity index (χ0n) is 18.3. The Morgan fingerprint density at radius 3 is 2.23 bits per heavy atom. The van der Waals surface area contributed by atoms with Gasteiger partial charge in [-0.1, -0.05) is 63.2 Å². The van der Waals surface area contributed by atoms with Crippen molar-refractivity contribution in [3.05, 3.63) is 95.1 Å². The van der Waals surface area contributed by atoms with Crippen LogP contribution in [0.15, 0.2) is 77.7 Å². The standard InChI is InChI=1S/C25H28N2O3S/c1-18-7-5-9-22(15-18)27-31(29,30)23-10-6-8-20(16-23)24(28)26-17-19-11-13-21(14-12-19)25(2,3)4/h5-16,27H,17H2,1-4H3,(H,26,28). The van der Waals surface area contributed by atoms with Crippen LogP contribution >= 0.6 is 0 Å². The van der Waals surface area contributed by atoms with Gasteiger partial charge in [0.05, 0.1) is 4.90 Å². The average molecular weight is 437 g/mol. The molecule has 31 heavy (non-hydrogen) atoms. The molecule has 0 aromatic heterocycles. The van der Waals surface area contributed by atoms with Gasteiger partial charge in [0.15, 0.2) is 0 Å². The van der Waals surface area contributed by atoms with Crippen LogP contribution in [0.25, 0.3) is 0 Å². The summed E-state index contributed by atoms with van der Waals surface area (Å²) in [7, 11) is -3.80. The Balaban J connectivity index is 1.69. The van der Waals surface area contributed by atoms with Crippen molar-refractivity contribution >= 4 is 21.6 Å². The van der Waals surface area contributed by atoms with Gasteiger partial charge >= 0.3 is 0 Å². The molecule has 1 amide bonds. The molecule has 0 saturated heterocycles. The van der Waals surface area contributed by atoms with Crippen molar-refractivity contribution in [1.82, 2.24) is 5.32 Å². The summed E-state index contributed by atoms with van der Waals surface area (Å²) in [5.41, 5.74) is 3.99. The summed E-state index contributed by atoms with van der Waals surface area (Å²) in [6, 6.07) is 21.2. The van der Waals surface area contributed by atoms with Crippen LogP contribution in [0, 0.1) is 6.92 Å². The minimum absolute atomic E-state index is 0.0381. The average Bonchev–Trinajstić information content (AvgIpc) is 2.71. The third kappa shape index (κ3) is 5.95. The molecule has 0 spiro atoms. The van der Waals surface area contributed by atoms with Crippen LogP contribution in [0.5, 0.6) is 0 Å². The summed E-state index contributed by atoms with van der Waals surface area (Å²) in [6.45, 7) is 8.71. The predicted octanol–water partition coefficient (Wildman–Crippen LogP) is 5.02. The van der Waals surface area contributed by atoms with Crippen molar-refractivity contribution in [3.63, 3.8) is 0 Å². The van der Waals surface area contributed by atoms with Gasteiger partial charge in [-0.2, -0.15) is 0 Å². The van der Waals surface area contributed by atoms with E-state index in [0.29, 0.717) is 17.8 Å². The molecule has 0 radical (unpaired) electrons. The number of nitrogens with one attached hydrogen (secondary N) is 2. The normalized spacial score (nSPS) is 11.7. The second kappa shape index (κ2) is 8.94. The van der Waals surface area contributed by atoms with Gasteiger partial charge < -0.3 is 5.32 Å². The Hall–Kier alpha value is -3.12. The fraction of sp³-hybridized carbons (Fsp3) is 0.240. The SMILES string of the molecule is Cc1cccc(NS(=O)(=O)c2cccc(C(=O)NCc3ccc(C(C)(C)C)cc3)c2)c1. The van der Waals surface area contributed by atoms with Crippen LogP contribution in [-0.4, -0.2) is 14.3 Å². The number of sulfonamides is 1. The Morgan fingerprint density at radius 1 is 0.903 bits per heavy atom. The highest BCUT2D eigenvalue weighted by Crippen LogP contribution is 2.22. The van der Waals surface area contributed by atoms with Crippen LogP contribution in [-0.2, 0) is 22.0 Å². The van der Waals surface area contributed by atoms with E-state index < -0.39 is 10.0 Å². The van der Waals surface area contributed by atoms with Gasteiger partial charge in [-0.3, -0.25) is 9.52 Å². The lowest BCUT2D eigenvalue weighted by Crippen LogP contribution is -2.23. The van der Waals surface area contributed by atoms with Crippen molar-refractivity contribution in [2.24, 2.45) is 0 Å². The van der Waals surface area contributed by atoms with E-state index in [1.807, 2.05) is 25.1 Å². The minimum atomic E-state index is -3.80. The first kappa shape index (κ1) is 22.6. The summed E-state index contributed by atoms with van der Waals surface area (Å²) >= 11 is 0. The fourth-order valence-electron chi connectivity index (χ4n) is 3.13. The number of benzene rings is 3. The molecule has 0 atom stereocenters. The molecule has 6 heteroatoms. The number of carbonyl (C=O) groups excluding carboxylic acids is 1. The molecule has 0 aliphatic heterocycles. The maximum absolute atomic E-state index is 12.7. The first-order valence-electron chi connectivity index (χ1n) is 10.1. The monoisotopic (exact) mass is 436 g/mol. The molecule has 162 valence electrons. The molecule has 5 nitrogen and oxygen atoms in total. The third-order valence-corrected chi connectivity index (χ3v) is 6.33. The molecule has 0 fully saturated rings. The summed E-state index contributed by atoms with van der Waals surface area (Å²) < 4.78 is 28.0. The number of amides is 1. The number of rotatable bonds is 6. The molecule has 0 bridgehead atoms. The van der Waals surface area contributed by atoms with E-state index in [2.05, 4.69) is 42.9 Å². The topological polar surface area (TPSA) is 75.3 Å². The van der Waals surface area contributed by atoms with Crippen molar-refractivity contribution in [3.8, 4) is 0 Å². The molecule has 0 aliphatic carbocycles. The summed E-state index contributed by atoms with van der Waals surface area (Å²) in [4.78, 5) is 12.6. The fourth-order valence-corrected chi connectivity index (χ4v) is 4.23. The molecule has 0 aliphatic rings. The van der Waals surface area contributed by atoms with Crippen molar-refractivity contribution in [1.29, 1.82) is 0 Å². The summed E-state index contributed by atoms with van der Waals surface area (Å²) in [5.74, 6) is -0.326. The third-order valence-electron chi connectivity index (χ3n) is 4.95. The number of anilines is 1. The van der Waals surface area contributed by atoms with E-state index in [1.54, 1.807) is 30.3 Å². The number of hydrogen-bond donors (Lipinski definition) is 2. The van der Waals surface area contributed by atoms with E-state index in [9.17, 15) is 13.2 Å². The van der Waals surface area contributed by atoms with Gasteiger partial charge in [0, 0.05) is 17.8 Å². The lowest BCUT2D eigenvalue weighted by molar-refractivity contribution is 0.0950. The second-order valence-electron chi connectivity index (χ2n) is 8.63. The van der Waals surface area contributed by atoms with Gasteiger partial charge in [0.25, 0.3) is 15.9 Å². The highest BCUT2D eigenvalue weighted by molar-refractivity contribution is 7.92. The van der Waals surface area contributed by atoms with Crippen LogP contribution < -0.4 is 10.0 Å². The lowest BCUT2D eigenvalue weighted by Gasteiger charge is -2.19. The zero-order valence-corrected chi connectivity index (χ0v) is 19.1. The summed E-state index contributed by atoms with van der Waals surface area (Å²) in [6.07, 6.45) is 0. The lowest BCUT2D eigenvalue weighted by atomic mass is 9.87. The smallest absolute Gasteiger partial charge is 0.261 e. The highest BCUT2D eigenvalue weighted by Gasteiger charge is 2.17. The Kier molecular flexibility index (Phi) is 6.51. The van der Waals surface area contributed by atoms with Crippen LogP contribution in [0.3, 0.4) is 0 Å². The van der Waals surface area contributed by atoms with Gasteiger partial charge in [-0.05, 0) is 59.4 Å². The second-order valence-corrected chi connectivity index (χ2v) is 10.3. The zero-order chi connectivity index (χ0) is 22.6. The Bertz CT molecular complexity index is 1180. The maximum atomic E-state index is 12.7. The van der Waals surface area contributed by atoms with Crippen molar-refractivity contribution in [2.75, 3.05) is 4.72 Å². The van der Waals surface area contributed by atoms with Gasteiger partial charge in [0.2, 0.25) is 0 Å². The first-order chi connectivity index (χ1) is 14.5. The molecular formula is C25H28N2O3S. The van der Waals surface area contributed by atoms with Crippen molar-refractivity contribution < 1.29 is 13.2 Å². The van der Waals surface area contributed by atoms with E-state index in [4.69, 9.17) is 0 Å². The quantitative estimate of drug-likeness (QED) is 0.569. The molecule has 3 rings (SSSR count). The van der Waals surface area contributed by atoms with Crippen LogP contribution in [0.2, 0.25) is 0 Å². The van der Waals surface area contributed by atoms with Crippen LogP contribution in [0.4, 0.5) is 5.69 Å². The highest BCUT2D eigenvalue weighted by atomic mass is 32.2. The van der Waals surface area contributed by atoms with Gasteiger partial charge in [-0.15, -0.1) is 0 Å². The van der Waals surface area contributed by atoms with E-state index >= 15 is 0 Å². The largest absolute Gasteiger partial charge is 0.348 e. The molecule has 2 N–H and O–H groups in total. The van der Waals surface area contributed by atoms with Crippen molar-refractivity contribution in [2.45, 2.75) is 44.6 Å². The number of aryl methyl sites for hydroxylation is 1. The Morgan fingerprint density at radius 2 is 1.58 bits per heavy atom. The van der Waals surface area contributed by atoms with Crippen LogP contribution in [0.1, 0.15) is 47.8 Å². The van der Waals surface area contributed by atoms with E-state index in [0.717, 1.165) is 11.1 Å². The Labute approximate surface area is 184 Å². The minimum Gasteiger partial charge on any atom is -0.348 e. The molecular weight excluding hydrogens is 408 g/mol. The molecule has 3 aromatic carbocycles. The molecule has 0 saturated carbocycles. The maximum Gasteiger partial charge on any atom is 0.261 e. The number of hydrogen-bond acceptors (Lipinski definition) is 3.